The van der Waals surface area contributed by atoms with Gasteiger partial charge in [-0.25, -0.2) is 4.79 Å². The van der Waals surface area contributed by atoms with Crippen LogP contribution in [0, 0.1) is 0 Å². The molecule has 5 aromatic carbocycles. The lowest BCUT2D eigenvalue weighted by Gasteiger charge is -2.36. The zero-order valence-electron chi connectivity index (χ0n) is 60.4. The van der Waals surface area contributed by atoms with Crippen molar-refractivity contribution in [1.29, 1.82) is 0 Å². The van der Waals surface area contributed by atoms with E-state index in [0.29, 0.717) is 27.9 Å². The molecule has 1 N–H and O–H groups in total. The number of hydrogen-bond donors (Lipinski definition) is 1. The fourth-order valence-electron chi connectivity index (χ4n) is 12.8. The van der Waals surface area contributed by atoms with Gasteiger partial charge in [-0.3, -0.25) is 34.6 Å². The largest absolute Gasteiger partial charge is 0.465 e. The van der Waals surface area contributed by atoms with E-state index in [9.17, 15) is 19.2 Å². The van der Waals surface area contributed by atoms with Crippen LogP contribution in [0.25, 0.3) is 0 Å². The Balaban J connectivity index is 0.000000165. The number of benzene rings is 5. The number of aromatic nitrogens is 2. The zero-order valence-corrected chi connectivity index (χ0v) is 63.7. The third-order valence-corrected chi connectivity index (χ3v) is 24.4. The zero-order chi connectivity index (χ0) is 71.5. The van der Waals surface area contributed by atoms with Crippen LogP contribution >= 0.6 is 47.0 Å². The molecule has 6 unspecified atom stereocenters. The molecule has 5 saturated heterocycles. The highest BCUT2D eigenvalue weighted by atomic mass is 32.2. The average molecular weight is 1440 g/mol. The van der Waals surface area contributed by atoms with Gasteiger partial charge in [0, 0.05) is 93.4 Å². The molecule has 0 saturated carbocycles. The summed E-state index contributed by atoms with van der Waals surface area (Å²) >= 11 is 7.26. The number of methoxy groups -OCH3 is 1. The van der Waals surface area contributed by atoms with Gasteiger partial charge in [0.1, 0.15) is 27.6 Å². The minimum atomic E-state index is -0.320. The number of nitrogens with one attached hydrogen (secondary N) is 1. The smallest absolute Gasteiger partial charge is 0.337 e. The van der Waals surface area contributed by atoms with Crippen LogP contribution in [0.1, 0.15) is 156 Å². The fraction of sp³-hybridized carbons (Fsp3) is 0.439. The third kappa shape index (κ3) is 23.5. The normalized spacial score (nSPS) is 20.5. The van der Waals surface area contributed by atoms with Gasteiger partial charge in [-0.2, -0.15) is 0 Å². The first-order valence-corrected chi connectivity index (χ1v) is 40.0. The summed E-state index contributed by atoms with van der Waals surface area (Å²) in [6, 6.07) is 53.0. The standard InChI is InChI=1S/C31H35NO4S.C22H28N4OS.C18H28N2OS.C11H14N2S/c1-3-4-13-28-29(33)32(22-9-8-10-23-14-16-25(17-15-23)31(34)35-2)30(37-28)24-18-20-27(21-19-24)36-26-11-6-5-7-12-26;27-22(20-17-28-21(24-20)19-9-4-10-23-16-19)26-14-12-25(13-15-26)11-5-8-18-6-2-1-3-7-18;1-14(2)15-7-9-16(10-8-15)18-20(17(21)13-22-18)12-6-5-11-19(3)4;1-8-9(2)14-11(13(8)3)10-5-4-6-12-7-10/h5-7,11-12,14-21,28,30H,3-4,8-10,13,22H2,1-2H3;1-4,6-7,9-10,16,20-21,24H,5,8,11-15,17H2;7-10,14,18H,5-6,11-13H2,1-4H3;4-7,9,11H,1H2,2-3H3/t;20-,21?;;/m.0../s1. The molecule has 538 valence electrons. The number of unbranched alkanes of at least 4 members (excludes halogenated alkanes) is 3. The number of rotatable bonds is 26. The Kier molecular flexibility index (Phi) is 31.4. The van der Waals surface area contributed by atoms with E-state index in [4.69, 9.17) is 9.47 Å². The van der Waals surface area contributed by atoms with E-state index < -0.39 is 0 Å². The highest BCUT2D eigenvalue weighted by molar-refractivity contribution is 8.01. The van der Waals surface area contributed by atoms with Gasteiger partial charge >= 0.3 is 5.97 Å². The van der Waals surface area contributed by atoms with Crippen molar-refractivity contribution in [3.63, 3.8) is 0 Å². The topological polar surface area (TPSA) is 144 Å². The Morgan fingerprint density at radius 1 is 0.644 bits per heavy atom. The van der Waals surface area contributed by atoms with Crippen LogP contribution in [0.3, 0.4) is 0 Å². The summed E-state index contributed by atoms with van der Waals surface area (Å²) < 4.78 is 10.7. The van der Waals surface area contributed by atoms with Crippen LogP contribution in [-0.2, 0) is 32.0 Å². The summed E-state index contributed by atoms with van der Waals surface area (Å²) in [6.07, 6.45) is 17.8. The van der Waals surface area contributed by atoms with E-state index in [1.165, 1.54) is 47.0 Å². The maximum absolute atomic E-state index is 13.3. The number of pyridine rings is 2. The maximum Gasteiger partial charge on any atom is 0.337 e. The van der Waals surface area contributed by atoms with Crippen LogP contribution in [0.2, 0.25) is 0 Å². The summed E-state index contributed by atoms with van der Waals surface area (Å²) in [5, 5.41) is 4.79. The molecule has 7 heterocycles. The first kappa shape index (κ1) is 78.0. The molecule has 2 aromatic heterocycles. The molecular formula is C82H105N9O6S4. The van der Waals surface area contributed by atoms with Gasteiger partial charge < -0.3 is 34.0 Å². The van der Waals surface area contributed by atoms with Crippen LogP contribution in [0.5, 0.6) is 11.5 Å². The SMILES string of the molecule is C=C1C(C)SC(c2cccnc2)N1C.CC(C)c1ccc(C2SCC(=O)N2CCCCN(C)C)cc1.CCCCC1SC(c2ccc(Oc3ccccc3)cc2)N(CCCCc2ccc(C(=O)OC)cc2)C1=O.O=C([C@@H]1CSC(c2cccnc2)N1)N1CCN(CCCc2ccccc2)CC1. The second-order valence-corrected chi connectivity index (χ2v) is 31.8. The number of carbonyl (C=O) groups is 4. The molecular weight excluding hydrogens is 1340 g/mol. The predicted octanol–water partition coefficient (Wildman–Crippen LogP) is 16.4. The third-order valence-electron chi connectivity index (χ3n) is 18.8. The number of amides is 3. The van der Waals surface area contributed by atoms with Crippen molar-refractivity contribution >= 4 is 70.7 Å². The lowest BCUT2D eigenvalue weighted by molar-refractivity contribution is -0.134. The lowest BCUT2D eigenvalue weighted by Crippen LogP contribution is -2.53. The Bertz CT molecular complexity index is 3630. The highest BCUT2D eigenvalue weighted by Crippen LogP contribution is 2.47. The van der Waals surface area contributed by atoms with E-state index in [1.54, 1.807) is 59.8 Å². The number of hydrogen-bond acceptors (Lipinski definition) is 16. The number of esters is 1. The number of piperazine rings is 1. The number of ether oxygens (including phenoxy) is 2. The summed E-state index contributed by atoms with van der Waals surface area (Å²) in [4.78, 5) is 71.4. The first-order chi connectivity index (χ1) is 49.1. The Labute approximate surface area is 618 Å². The summed E-state index contributed by atoms with van der Waals surface area (Å²) in [5.74, 6) is 4.07. The average Bonchev–Trinajstić information content (AvgIpc) is 1.71. The Hall–Kier alpha value is -7.10. The van der Waals surface area contributed by atoms with Crippen molar-refractivity contribution in [3.8, 4) is 11.5 Å². The lowest BCUT2D eigenvalue weighted by atomic mass is 10.0. The van der Waals surface area contributed by atoms with Crippen LogP contribution in [0.4, 0.5) is 0 Å². The van der Waals surface area contributed by atoms with Crippen molar-refractivity contribution in [3.05, 3.63) is 239 Å². The monoisotopic (exact) mass is 1440 g/mol. The van der Waals surface area contributed by atoms with Crippen LogP contribution in [0.15, 0.2) is 195 Å². The highest BCUT2D eigenvalue weighted by Gasteiger charge is 2.41. The Morgan fingerprint density at radius 3 is 1.88 bits per heavy atom. The molecule has 3 amide bonds. The van der Waals surface area contributed by atoms with E-state index in [0.717, 1.165) is 139 Å². The molecule has 5 aliphatic rings. The van der Waals surface area contributed by atoms with Gasteiger partial charge in [-0.05, 0) is 173 Å². The van der Waals surface area contributed by atoms with E-state index in [1.807, 2.05) is 95.8 Å². The van der Waals surface area contributed by atoms with Crippen molar-refractivity contribution in [2.75, 3.05) is 92.1 Å². The molecule has 15 nitrogen and oxygen atoms in total. The quantitative estimate of drug-likeness (QED) is 0.0405. The van der Waals surface area contributed by atoms with E-state index >= 15 is 0 Å². The molecule has 0 aliphatic carbocycles. The molecule has 12 rings (SSSR count). The number of nitrogens with zero attached hydrogens (tertiary/aromatic N) is 8. The molecule has 0 spiro atoms. The number of para-hydroxylation sites is 1. The van der Waals surface area contributed by atoms with E-state index in [2.05, 4.69) is 174 Å². The van der Waals surface area contributed by atoms with Crippen molar-refractivity contribution in [2.45, 2.75) is 136 Å². The van der Waals surface area contributed by atoms with Gasteiger partial charge in [-0.1, -0.05) is 149 Å². The minimum Gasteiger partial charge on any atom is -0.465 e. The van der Waals surface area contributed by atoms with Crippen molar-refractivity contribution < 1.29 is 28.7 Å². The van der Waals surface area contributed by atoms with Gasteiger partial charge in [0.25, 0.3) is 0 Å². The molecule has 5 aliphatic heterocycles. The second-order valence-electron chi connectivity index (χ2n) is 26.9. The number of aryl methyl sites for hydroxylation is 2. The second kappa shape index (κ2) is 40.7. The molecule has 101 heavy (non-hydrogen) atoms. The number of carbonyl (C=O) groups excluding carboxylic acids is 4. The van der Waals surface area contributed by atoms with Gasteiger partial charge in [-0.15, -0.1) is 47.0 Å². The molecule has 5 fully saturated rings. The first-order valence-electron chi connectivity index (χ1n) is 36.0. The molecule has 0 radical (unpaired) electrons. The van der Waals surface area contributed by atoms with Gasteiger partial charge in [0.05, 0.1) is 35.1 Å². The maximum atomic E-state index is 13.3. The van der Waals surface area contributed by atoms with Crippen molar-refractivity contribution in [2.24, 2.45) is 0 Å². The van der Waals surface area contributed by atoms with E-state index in [-0.39, 0.29) is 51.1 Å². The molecule has 7 aromatic rings. The summed E-state index contributed by atoms with van der Waals surface area (Å²) in [5.41, 5.74) is 10.5. The van der Waals surface area contributed by atoms with Crippen LogP contribution in [-0.4, -0.2) is 172 Å². The minimum absolute atomic E-state index is 0.0241. The Morgan fingerprint density at radius 2 is 1.26 bits per heavy atom. The molecule has 19 heteroatoms. The predicted molar refractivity (Wildman–Crippen MR) is 419 cm³/mol. The molecule has 0 bridgehead atoms. The summed E-state index contributed by atoms with van der Waals surface area (Å²) in [7, 11) is 7.67. The van der Waals surface area contributed by atoms with Crippen molar-refractivity contribution in [1.82, 2.24) is 44.7 Å². The van der Waals surface area contributed by atoms with Gasteiger partial charge in [0.2, 0.25) is 17.7 Å². The molecule has 7 atom stereocenters. The van der Waals surface area contributed by atoms with Crippen LogP contribution < -0.4 is 10.1 Å². The number of thioether (sulfide) groups is 4. The fourth-order valence-corrected chi connectivity index (χ4v) is 18.1. The van der Waals surface area contributed by atoms with Gasteiger partial charge in [0.15, 0.2) is 0 Å². The summed E-state index contributed by atoms with van der Waals surface area (Å²) in [6.45, 7) is 20.3.